The third kappa shape index (κ3) is 6.79. The van der Waals surface area contributed by atoms with Gasteiger partial charge in [-0.05, 0) is 35.2 Å². The minimum absolute atomic E-state index is 0.174. The van der Waals surface area contributed by atoms with E-state index in [0.717, 1.165) is 0 Å². The molecular weight excluding hydrogens is 280 g/mol. The summed E-state index contributed by atoms with van der Waals surface area (Å²) in [4.78, 5) is 10.0. The lowest BCUT2D eigenvalue weighted by Crippen LogP contribution is -2.10. The molecule has 2 N–H and O–H groups in total. The number of carbonyl (C=O) groups is 1. The summed E-state index contributed by atoms with van der Waals surface area (Å²) in [6.07, 6.45) is 0. The van der Waals surface area contributed by atoms with Gasteiger partial charge in [-0.3, -0.25) is 0 Å². The summed E-state index contributed by atoms with van der Waals surface area (Å²) >= 11 is 0. The van der Waals surface area contributed by atoms with Crippen molar-refractivity contribution in [1.29, 1.82) is 0 Å². The van der Waals surface area contributed by atoms with E-state index < -0.39 is 5.97 Å². The van der Waals surface area contributed by atoms with Crippen LogP contribution in [0, 0.1) is 0 Å². The molecule has 2 rings (SSSR count). The molecule has 0 aliphatic carbocycles. The zero-order chi connectivity index (χ0) is 16.6. The predicted molar refractivity (Wildman–Crippen MR) is 86.4 cm³/mol. The first-order valence-electron chi connectivity index (χ1n) is 6.98. The molecule has 0 fully saturated rings. The van der Waals surface area contributed by atoms with E-state index in [1.54, 1.807) is 36.4 Å². The number of ether oxygens (including phenoxy) is 1. The fourth-order valence-electron chi connectivity index (χ4n) is 1.62. The molecule has 0 aliphatic heterocycles. The van der Waals surface area contributed by atoms with E-state index in [2.05, 4.69) is 20.8 Å². The molecule has 0 spiro atoms. The number of phenolic OH excluding ortho intramolecular Hbond substituents is 1. The maximum absolute atomic E-state index is 10.0. The Bertz CT molecular complexity index is 568. The molecule has 0 aromatic heterocycles. The SMILES string of the molecule is CC(C)(C)c1ccc(O)cc1.O=C(O)COc1ccccc1. The number of phenols is 1. The number of rotatable bonds is 3. The second kappa shape index (κ2) is 8.08. The zero-order valence-electron chi connectivity index (χ0n) is 13.1. The van der Waals surface area contributed by atoms with Gasteiger partial charge in [-0.15, -0.1) is 0 Å². The van der Waals surface area contributed by atoms with Gasteiger partial charge in [-0.25, -0.2) is 4.79 Å². The van der Waals surface area contributed by atoms with Crippen molar-refractivity contribution in [1.82, 2.24) is 0 Å². The van der Waals surface area contributed by atoms with Gasteiger partial charge in [0, 0.05) is 0 Å². The van der Waals surface area contributed by atoms with Crippen molar-refractivity contribution < 1.29 is 19.7 Å². The second-order valence-electron chi connectivity index (χ2n) is 5.79. The summed E-state index contributed by atoms with van der Waals surface area (Å²) in [5, 5.41) is 17.3. The zero-order valence-corrected chi connectivity index (χ0v) is 13.1. The van der Waals surface area contributed by atoms with Crippen molar-refractivity contribution in [3.63, 3.8) is 0 Å². The predicted octanol–water partition coefficient (Wildman–Crippen LogP) is 3.84. The van der Waals surface area contributed by atoms with Crippen LogP contribution in [0.2, 0.25) is 0 Å². The minimum atomic E-state index is -0.964. The number of carboxylic acids is 1. The molecule has 2 aromatic carbocycles. The van der Waals surface area contributed by atoms with Crippen molar-refractivity contribution in [2.75, 3.05) is 6.61 Å². The third-order valence-electron chi connectivity index (χ3n) is 2.84. The lowest BCUT2D eigenvalue weighted by Gasteiger charge is -2.18. The standard InChI is InChI=1S/C10H14O.C8H8O3/c1-10(2,3)8-4-6-9(11)7-5-8;9-8(10)6-11-7-4-2-1-3-5-7/h4-7,11H,1-3H3;1-5H,6H2,(H,9,10). The van der Waals surface area contributed by atoms with Crippen LogP contribution >= 0.6 is 0 Å². The summed E-state index contributed by atoms with van der Waals surface area (Å²) in [7, 11) is 0. The molecule has 0 aliphatic rings. The lowest BCUT2D eigenvalue weighted by atomic mass is 9.87. The van der Waals surface area contributed by atoms with Crippen LogP contribution in [0.25, 0.3) is 0 Å². The van der Waals surface area contributed by atoms with E-state index in [1.165, 1.54) is 5.56 Å². The molecule has 0 amide bonds. The molecule has 0 saturated carbocycles. The van der Waals surface area contributed by atoms with Gasteiger partial charge in [0.1, 0.15) is 11.5 Å². The van der Waals surface area contributed by atoms with Crippen molar-refractivity contribution in [3.8, 4) is 11.5 Å². The highest BCUT2D eigenvalue weighted by molar-refractivity contribution is 5.68. The molecule has 22 heavy (non-hydrogen) atoms. The maximum Gasteiger partial charge on any atom is 0.341 e. The van der Waals surface area contributed by atoms with Gasteiger partial charge in [-0.1, -0.05) is 51.1 Å². The van der Waals surface area contributed by atoms with Crippen LogP contribution in [-0.2, 0) is 10.2 Å². The number of para-hydroxylation sites is 1. The number of carboxylic acid groups (broad SMARTS) is 1. The summed E-state index contributed by atoms with van der Waals surface area (Å²) in [5.41, 5.74) is 1.42. The Morgan fingerprint density at radius 3 is 2.00 bits per heavy atom. The second-order valence-corrected chi connectivity index (χ2v) is 5.79. The number of hydrogen-bond donors (Lipinski definition) is 2. The van der Waals surface area contributed by atoms with Crippen molar-refractivity contribution in [2.45, 2.75) is 26.2 Å². The van der Waals surface area contributed by atoms with Crippen LogP contribution in [0.15, 0.2) is 54.6 Å². The largest absolute Gasteiger partial charge is 0.508 e. The Balaban J connectivity index is 0.000000220. The van der Waals surface area contributed by atoms with Crippen LogP contribution < -0.4 is 4.74 Å². The highest BCUT2D eigenvalue weighted by atomic mass is 16.5. The topological polar surface area (TPSA) is 66.8 Å². The Morgan fingerprint density at radius 2 is 1.55 bits per heavy atom. The normalized spacial score (nSPS) is 10.3. The number of benzene rings is 2. The smallest absolute Gasteiger partial charge is 0.341 e. The van der Waals surface area contributed by atoms with Gasteiger partial charge in [0.15, 0.2) is 6.61 Å². The molecule has 118 valence electrons. The van der Waals surface area contributed by atoms with Crippen LogP contribution in [0.3, 0.4) is 0 Å². The van der Waals surface area contributed by atoms with Gasteiger partial charge in [0.2, 0.25) is 0 Å². The molecule has 4 nitrogen and oxygen atoms in total. The molecular formula is C18H22O4. The molecule has 4 heteroatoms. The van der Waals surface area contributed by atoms with Crippen LogP contribution in [0.4, 0.5) is 0 Å². The molecule has 0 bridgehead atoms. The van der Waals surface area contributed by atoms with Gasteiger partial charge in [0.05, 0.1) is 0 Å². The molecule has 0 unspecified atom stereocenters. The van der Waals surface area contributed by atoms with Crippen molar-refractivity contribution in [3.05, 3.63) is 60.2 Å². The van der Waals surface area contributed by atoms with E-state index in [1.807, 2.05) is 18.2 Å². The van der Waals surface area contributed by atoms with Crippen molar-refractivity contribution in [2.24, 2.45) is 0 Å². The summed E-state index contributed by atoms with van der Waals surface area (Å²) in [6.45, 7) is 6.17. The highest BCUT2D eigenvalue weighted by Crippen LogP contribution is 2.23. The van der Waals surface area contributed by atoms with Crippen molar-refractivity contribution >= 4 is 5.97 Å². The van der Waals surface area contributed by atoms with E-state index in [0.29, 0.717) is 11.5 Å². The third-order valence-corrected chi connectivity index (χ3v) is 2.84. The minimum Gasteiger partial charge on any atom is -0.508 e. The van der Waals surface area contributed by atoms with E-state index >= 15 is 0 Å². The summed E-state index contributed by atoms with van der Waals surface area (Å²) in [5.74, 6) is -0.0539. The lowest BCUT2D eigenvalue weighted by molar-refractivity contribution is -0.139. The quantitative estimate of drug-likeness (QED) is 0.904. The fraction of sp³-hybridized carbons (Fsp3) is 0.278. The first-order valence-corrected chi connectivity index (χ1v) is 6.98. The summed E-state index contributed by atoms with van der Waals surface area (Å²) < 4.78 is 4.87. The van der Waals surface area contributed by atoms with Crippen LogP contribution in [-0.4, -0.2) is 22.8 Å². The number of aliphatic carboxylic acids is 1. The Morgan fingerprint density at radius 1 is 1.00 bits per heavy atom. The average molecular weight is 302 g/mol. The van der Waals surface area contributed by atoms with Crippen LogP contribution in [0.5, 0.6) is 11.5 Å². The monoisotopic (exact) mass is 302 g/mol. The number of hydrogen-bond acceptors (Lipinski definition) is 3. The molecule has 0 atom stereocenters. The number of aromatic hydroxyl groups is 1. The Kier molecular flexibility index (Phi) is 6.45. The first-order chi connectivity index (χ1) is 10.3. The van der Waals surface area contributed by atoms with Gasteiger partial charge in [0.25, 0.3) is 0 Å². The average Bonchev–Trinajstić information content (AvgIpc) is 2.46. The Hall–Kier alpha value is -2.49. The highest BCUT2D eigenvalue weighted by Gasteiger charge is 2.12. The fourth-order valence-corrected chi connectivity index (χ4v) is 1.62. The van der Waals surface area contributed by atoms with Gasteiger partial charge < -0.3 is 14.9 Å². The molecule has 0 radical (unpaired) electrons. The molecule has 0 saturated heterocycles. The van der Waals surface area contributed by atoms with E-state index in [4.69, 9.17) is 14.9 Å². The van der Waals surface area contributed by atoms with Gasteiger partial charge >= 0.3 is 5.97 Å². The van der Waals surface area contributed by atoms with E-state index in [9.17, 15) is 4.79 Å². The van der Waals surface area contributed by atoms with Crippen LogP contribution in [0.1, 0.15) is 26.3 Å². The summed E-state index contributed by atoms with van der Waals surface area (Å²) in [6, 6.07) is 16.2. The van der Waals surface area contributed by atoms with E-state index in [-0.39, 0.29) is 12.0 Å². The van der Waals surface area contributed by atoms with Gasteiger partial charge in [-0.2, -0.15) is 0 Å². The first kappa shape index (κ1) is 17.6. The Labute approximate surface area is 131 Å². The molecule has 2 aromatic rings. The molecule has 0 heterocycles. The maximum atomic E-state index is 10.0.